The minimum atomic E-state index is 1.01. The second-order valence-electron chi connectivity index (χ2n) is 3.44. The van der Waals surface area contributed by atoms with Crippen LogP contribution >= 0.6 is 0 Å². The van der Waals surface area contributed by atoms with E-state index in [1.54, 1.807) is 6.08 Å². The Morgan fingerprint density at radius 2 is 2.07 bits per heavy atom. The molecule has 0 saturated heterocycles. The molecule has 74 valence electrons. The van der Waals surface area contributed by atoms with E-state index in [1.807, 2.05) is 38.2 Å². The molecule has 0 saturated carbocycles. The van der Waals surface area contributed by atoms with Gasteiger partial charge in [-0.1, -0.05) is 24.3 Å². The van der Waals surface area contributed by atoms with Crippen LogP contribution in [-0.4, -0.2) is 4.57 Å². The molecule has 1 heterocycles. The summed E-state index contributed by atoms with van der Waals surface area (Å²) in [5.74, 6) is 0. The molecule has 2 nitrogen and oxygen atoms in total. The second kappa shape index (κ2) is 3.62. The van der Waals surface area contributed by atoms with E-state index in [-0.39, 0.29) is 0 Å². The Labute approximate surface area is 88.4 Å². The molecule has 1 aromatic heterocycles. The van der Waals surface area contributed by atoms with Gasteiger partial charge in [0.15, 0.2) is 0 Å². The van der Waals surface area contributed by atoms with Crippen LogP contribution in [0.2, 0.25) is 0 Å². The van der Waals surface area contributed by atoms with Gasteiger partial charge in [-0.15, -0.1) is 0 Å². The summed E-state index contributed by atoms with van der Waals surface area (Å²) in [6, 6.07) is 10.2. The van der Waals surface area contributed by atoms with E-state index in [9.17, 15) is 0 Å². The molecule has 0 atom stereocenters. The first-order valence-electron chi connectivity index (χ1n) is 4.89. The quantitative estimate of drug-likeness (QED) is 0.624. The Morgan fingerprint density at radius 3 is 2.73 bits per heavy atom. The maximum absolute atomic E-state index is 8.78. The van der Waals surface area contributed by atoms with Crippen LogP contribution in [0.15, 0.2) is 24.3 Å². The van der Waals surface area contributed by atoms with Crippen molar-refractivity contribution in [3.05, 3.63) is 34.8 Å². The van der Waals surface area contributed by atoms with Gasteiger partial charge in [0.2, 0.25) is 0 Å². The summed E-state index contributed by atoms with van der Waals surface area (Å²) in [5, 5.41) is 12.0. The second-order valence-corrected chi connectivity index (χ2v) is 3.44. The standard InChI is InChI=1S/C13H12N2/c1-3-12-11(8-9-14)10-6-4-5-7-13(10)15(12)2/h3-8H,1-2H3/b11-8+,12-3+. The van der Waals surface area contributed by atoms with Gasteiger partial charge in [0, 0.05) is 34.6 Å². The maximum Gasteiger partial charge on any atom is 0.0919 e. The fourth-order valence-electron chi connectivity index (χ4n) is 2.01. The van der Waals surface area contributed by atoms with Gasteiger partial charge < -0.3 is 4.57 Å². The number of nitrogens with zero attached hydrogens (tertiary/aromatic N) is 2. The lowest BCUT2D eigenvalue weighted by Crippen LogP contribution is -2.27. The Morgan fingerprint density at radius 1 is 1.33 bits per heavy atom. The van der Waals surface area contributed by atoms with E-state index in [0.717, 1.165) is 21.5 Å². The molecule has 0 aliphatic carbocycles. The molecule has 0 aliphatic heterocycles. The van der Waals surface area contributed by atoms with Crippen LogP contribution in [0.4, 0.5) is 0 Å². The summed E-state index contributed by atoms with van der Waals surface area (Å²) in [6.45, 7) is 1.99. The normalized spacial score (nSPS) is 13.4. The molecule has 2 aromatic rings. The van der Waals surface area contributed by atoms with Crippen molar-refractivity contribution in [2.45, 2.75) is 6.92 Å². The number of para-hydroxylation sites is 1. The predicted molar refractivity (Wildman–Crippen MR) is 62.4 cm³/mol. The smallest absolute Gasteiger partial charge is 0.0919 e. The average Bonchev–Trinajstić information content (AvgIpc) is 2.54. The molecule has 15 heavy (non-hydrogen) atoms. The van der Waals surface area contributed by atoms with Gasteiger partial charge in [-0.05, 0) is 13.0 Å². The van der Waals surface area contributed by atoms with Crippen LogP contribution in [-0.2, 0) is 7.05 Å². The summed E-state index contributed by atoms with van der Waals surface area (Å²) in [4.78, 5) is 0. The van der Waals surface area contributed by atoms with Crippen LogP contribution < -0.4 is 10.6 Å². The van der Waals surface area contributed by atoms with Crippen LogP contribution in [0.25, 0.3) is 23.1 Å². The fraction of sp³-hybridized carbons (Fsp3) is 0.154. The number of nitriles is 1. The summed E-state index contributed by atoms with van der Waals surface area (Å²) < 4.78 is 2.11. The minimum absolute atomic E-state index is 1.01. The third-order valence-electron chi connectivity index (χ3n) is 2.68. The number of aryl methyl sites for hydroxylation is 1. The van der Waals surface area contributed by atoms with Gasteiger partial charge in [0.25, 0.3) is 0 Å². The average molecular weight is 196 g/mol. The molecule has 2 rings (SSSR count). The summed E-state index contributed by atoms with van der Waals surface area (Å²) >= 11 is 0. The van der Waals surface area contributed by atoms with Crippen LogP contribution in [0.5, 0.6) is 0 Å². The molecular weight excluding hydrogens is 184 g/mol. The lowest BCUT2D eigenvalue weighted by molar-refractivity contribution is 0.924. The zero-order valence-electron chi connectivity index (χ0n) is 8.86. The predicted octanol–water partition coefficient (Wildman–Crippen LogP) is 1.28. The Hall–Kier alpha value is -2.01. The summed E-state index contributed by atoms with van der Waals surface area (Å²) in [7, 11) is 2.02. The topological polar surface area (TPSA) is 28.7 Å². The molecule has 0 spiro atoms. The highest BCUT2D eigenvalue weighted by Gasteiger charge is 2.01. The van der Waals surface area contributed by atoms with E-state index >= 15 is 0 Å². The van der Waals surface area contributed by atoms with E-state index < -0.39 is 0 Å². The largest absolute Gasteiger partial charge is 0.344 e. The lowest BCUT2D eigenvalue weighted by atomic mass is 10.2. The molecule has 0 N–H and O–H groups in total. The summed E-state index contributed by atoms with van der Waals surface area (Å²) in [6.07, 6.45) is 3.64. The number of rotatable bonds is 0. The van der Waals surface area contributed by atoms with Gasteiger partial charge in [-0.25, -0.2) is 0 Å². The highest BCUT2D eigenvalue weighted by molar-refractivity contribution is 5.82. The van der Waals surface area contributed by atoms with Crippen molar-refractivity contribution in [3.8, 4) is 6.07 Å². The van der Waals surface area contributed by atoms with E-state index in [4.69, 9.17) is 5.26 Å². The molecule has 0 aliphatic rings. The highest BCUT2D eigenvalue weighted by Crippen LogP contribution is 2.06. The highest BCUT2D eigenvalue weighted by atomic mass is 14.9. The number of aromatic nitrogens is 1. The monoisotopic (exact) mass is 196 g/mol. The fourth-order valence-corrected chi connectivity index (χ4v) is 2.01. The zero-order chi connectivity index (χ0) is 10.8. The number of benzene rings is 1. The van der Waals surface area contributed by atoms with E-state index in [0.29, 0.717) is 0 Å². The molecule has 0 radical (unpaired) electrons. The van der Waals surface area contributed by atoms with Crippen LogP contribution in [0.1, 0.15) is 6.92 Å². The van der Waals surface area contributed by atoms with Crippen molar-refractivity contribution < 1.29 is 0 Å². The van der Waals surface area contributed by atoms with Gasteiger partial charge in [-0.2, -0.15) is 5.26 Å². The third kappa shape index (κ3) is 1.33. The first-order valence-corrected chi connectivity index (χ1v) is 4.89. The van der Waals surface area contributed by atoms with Crippen molar-refractivity contribution in [1.82, 2.24) is 4.57 Å². The Kier molecular flexibility index (Phi) is 2.31. The molecule has 1 aromatic carbocycles. The van der Waals surface area contributed by atoms with E-state index in [2.05, 4.69) is 16.7 Å². The van der Waals surface area contributed by atoms with Crippen LogP contribution in [0, 0.1) is 11.3 Å². The molecular formula is C13H12N2. The van der Waals surface area contributed by atoms with Crippen molar-refractivity contribution in [2.24, 2.45) is 7.05 Å². The van der Waals surface area contributed by atoms with Gasteiger partial charge >= 0.3 is 0 Å². The first-order chi connectivity index (χ1) is 7.29. The van der Waals surface area contributed by atoms with Crippen molar-refractivity contribution in [2.75, 3.05) is 0 Å². The molecule has 0 amide bonds. The van der Waals surface area contributed by atoms with Gasteiger partial charge in [-0.3, -0.25) is 0 Å². The SMILES string of the molecule is C/C=c1\c(=C\C#N)c2ccccc2n1C. The summed E-state index contributed by atoms with van der Waals surface area (Å²) in [5.41, 5.74) is 1.16. The first kappa shape index (κ1) is 9.54. The number of fused-ring (bicyclic) bond motifs is 1. The van der Waals surface area contributed by atoms with Gasteiger partial charge in [0.1, 0.15) is 0 Å². The Balaban J connectivity index is 3.15. The minimum Gasteiger partial charge on any atom is -0.344 e. The Bertz CT molecular complexity index is 654. The number of hydrogen-bond donors (Lipinski definition) is 0. The van der Waals surface area contributed by atoms with Crippen molar-refractivity contribution in [3.63, 3.8) is 0 Å². The van der Waals surface area contributed by atoms with Crippen LogP contribution in [0.3, 0.4) is 0 Å². The zero-order valence-corrected chi connectivity index (χ0v) is 8.86. The molecule has 0 bridgehead atoms. The third-order valence-corrected chi connectivity index (χ3v) is 2.68. The molecule has 0 fully saturated rings. The maximum atomic E-state index is 8.78. The van der Waals surface area contributed by atoms with Crippen molar-refractivity contribution >= 4 is 23.1 Å². The van der Waals surface area contributed by atoms with Crippen molar-refractivity contribution in [1.29, 1.82) is 5.26 Å². The molecule has 2 heteroatoms. The lowest BCUT2D eigenvalue weighted by Gasteiger charge is -1.94. The van der Waals surface area contributed by atoms with E-state index in [1.165, 1.54) is 0 Å². The number of hydrogen-bond acceptors (Lipinski definition) is 1. The van der Waals surface area contributed by atoms with Gasteiger partial charge in [0.05, 0.1) is 6.07 Å². The molecule has 0 unspecified atom stereocenters.